The molecule has 0 rings (SSSR count). The number of hydrogen-bond acceptors (Lipinski definition) is 3. The number of rotatable bonds is 10. The van der Waals surface area contributed by atoms with E-state index in [-0.39, 0.29) is 5.97 Å². The maximum Gasteiger partial charge on any atom is 0.330 e. The minimum absolute atomic E-state index is 0.273. The van der Waals surface area contributed by atoms with Crippen LogP contribution in [0.5, 0.6) is 0 Å². The number of esters is 1. The van der Waals surface area contributed by atoms with E-state index in [1.165, 1.54) is 31.8 Å². The fraction of sp³-hybridized carbons (Fsp3) is 0.769. The summed E-state index contributed by atoms with van der Waals surface area (Å²) in [5.74, 6) is -0.273. The standard InChI is InChI=1S/C13H24O3/c1-3-4-5-6-7-8-9-10-13(14)16-12-11-15-2/h9-10H,3-8,11-12H2,1-2H3. The number of allylic oxidation sites excluding steroid dienone is 1. The van der Waals surface area contributed by atoms with Gasteiger partial charge in [-0.1, -0.05) is 38.7 Å². The largest absolute Gasteiger partial charge is 0.460 e. The van der Waals surface area contributed by atoms with Crippen molar-refractivity contribution in [1.29, 1.82) is 0 Å². The Morgan fingerprint density at radius 3 is 2.56 bits per heavy atom. The van der Waals surface area contributed by atoms with Gasteiger partial charge in [0.25, 0.3) is 0 Å². The molecule has 16 heavy (non-hydrogen) atoms. The summed E-state index contributed by atoms with van der Waals surface area (Å²) in [5, 5.41) is 0. The molecular weight excluding hydrogens is 204 g/mol. The lowest BCUT2D eigenvalue weighted by Crippen LogP contribution is -2.06. The van der Waals surface area contributed by atoms with Crippen LogP contribution in [0, 0.1) is 0 Å². The quantitative estimate of drug-likeness (QED) is 0.327. The van der Waals surface area contributed by atoms with Crippen LogP contribution in [-0.2, 0) is 14.3 Å². The molecule has 0 aliphatic carbocycles. The minimum atomic E-state index is -0.273. The SMILES string of the molecule is CCCCCCCC=CC(=O)OCCOC. The van der Waals surface area contributed by atoms with Gasteiger partial charge in [-0.3, -0.25) is 0 Å². The van der Waals surface area contributed by atoms with Gasteiger partial charge in [-0.2, -0.15) is 0 Å². The highest BCUT2D eigenvalue weighted by Gasteiger charge is 1.94. The first-order valence-electron chi connectivity index (χ1n) is 6.13. The predicted octanol–water partition coefficient (Wildman–Crippen LogP) is 3.09. The summed E-state index contributed by atoms with van der Waals surface area (Å²) >= 11 is 0. The van der Waals surface area contributed by atoms with Crippen molar-refractivity contribution in [3.8, 4) is 0 Å². The molecule has 0 aromatic rings. The van der Waals surface area contributed by atoms with Crippen molar-refractivity contribution in [2.75, 3.05) is 20.3 Å². The van der Waals surface area contributed by atoms with Crippen molar-refractivity contribution in [1.82, 2.24) is 0 Å². The van der Waals surface area contributed by atoms with Gasteiger partial charge in [-0.05, 0) is 12.8 Å². The van der Waals surface area contributed by atoms with Crippen LogP contribution in [0.3, 0.4) is 0 Å². The van der Waals surface area contributed by atoms with Crippen molar-refractivity contribution in [3.63, 3.8) is 0 Å². The molecule has 0 saturated heterocycles. The van der Waals surface area contributed by atoms with Crippen molar-refractivity contribution in [2.45, 2.75) is 45.4 Å². The lowest BCUT2D eigenvalue weighted by atomic mass is 10.1. The molecule has 0 aliphatic rings. The maximum atomic E-state index is 11.1. The molecule has 0 aromatic heterocycles. The molecule has 0 heterocycles. The Balaban J connectivity index is 3.28. The van der Waals surface area contributed by atoms with Gasteiger partial charge in [-0.15, -0.1) is 0 Å². The Morgan fingerprint density at radius 2 is 1.88 bits per heavy atom. The van der Waals surface area contributed by atoms with Crippen molar-refractivity contribution < 1.29 is 14.3 Å². The molecule has 0 unspecified atom stereocenters. The number of hydrogen-bond donors (Lipinski definition) is 0. The molecule has 0 saturated carbocycles. The summed E-state index contributed by atoms with van der Waals surface area (Å²) in [6.07, 6.45) is 10.6. The molecule has 0 radical (unpaired) electrons. The van der Waals surface area contributed by atoms with E-state index in [1.54, 1.807) is 7.11 Å². The lowest BCUT2D eigenvalue weighted by Gasteiger charge is -1.99. The van der Waals surface area contributed by atoms with Crippen LogP contribution in [0.2, 0.25) is 0 Å². The molecular formula is C13H24O3. The number of methoxy groups -OCH3 is 1. The van der Waals surface area contributed by atoms with E-state index in [1.807, 2.05) is 6.08 Å². The van der Waals surface area contributed by atoms with Crippen LogP contribution in [0.4, 0.5) is 0 Å². The number of unbranched alkanes of at least 4 members (excludes halogenated alkanes) is 5. The molecule has 0 spiro atoms. The Bertz CT molecular complexity index is 188. The molecule has 94 valence electrons. The molecule has 0 N–H and O–H groups in total. The second kappa shape index (κ2) is 12.2. The Morgan fingerprint density at radius 1 is 1.12 bits per heavy atom. The predicted molar refractivity (Wildman–Crippen MR) is 65.4 cm³/mol. The van der Waals surface area contributed by atoms with E-state index < -0.39 is 0 Å². The van der Waals surface area contributed by atoms with Crippen LogP contribution in [-0.4, -0.2) is 26.3 Å². The van der Waals surface area contributed by atoms with Crippen molar-refractivity contribution >= 4 is 5.97 Å². The topological polar surface area (TPSA) is 35.5 Å². The van der Waals surface area contributed by atoms with Crippen LogP contribution in [0.1, 0.15) is 45.4 Å². The van der Waals surface area contributed by atoms with Crippen molar-refractivity contribution in [2.24, 2.45) is 0 Å². The van der Waals surface area contributed by atoms with Gasteiger partial charge in [0.05, 0.1) is 6.61 Å². The molecule has 3 heteroatoms. The fourth-order valence-corrected chi connectivity index (χ4v) is 1.32. The van der Waals surface area contributed by atoms with Gasteiger partial charge in [-0.25, -0.2) is 4.79 Å². The Hall–Kier alpha value is -0.830. The van der Waals surface area contributed by atoms with E-state index in [9.17, 15) is 4.79 Å². The van der Waals surface area contributed by atoms with Gasteiger partial charge in [0, 0.05) is 13.2 Å². The summed E-state index contributed by atoms with van der Waals surface area (Å²) in [4.78, 5) is 11.1. The molecule has 3 nitrogen and oxygen atoms in total. The van der Waals surface area contributed by atoms with E-state index in [2.05, 4.69) is 6.92 Å². The zero-order valence-electron chi connectivity index (χ0n) is 10.5. The highest BCUT2D eigenvalue weighted by molar-refractivity contribution is 5.81. The van der Waals surface area contributed by atoms with Crippen molar-refractivity contribution in [3.05, 3.63) is 12.2 Å². The average molecular weight is 228 g/mol. The first-order chi connectivity index (χ1) is 7.81. The Kier molecular flexibility index (Phi) is 11.6. The van der Waals surface area contributed by atoms with Gasteiger partial charge < -0.3 is 9.47 Å². The molecule has 0 aromatic carbocycles. The van der Waals surface area contributed by atoms with Gasteiger partial charge in [0.15, 0.2) is 0 Å². The molecule has 0 amide bonds. The minimum Gasteiger partial charge on any atom is -0.460 e. The smallest absolute Gasteiger partial charge is 0.330 e. The van der Waals surface area contributed by atoms with E-state index >= 15 is 0 Å². The van der Waals surface area contributed by atoms with Crippen LogP contribution in [0.15, 0.2) is 12.2 Å². The third-order valence-electron chi connectivity index (χ3n) is 2.26. The summed E-state index contributed by atoms with van der Waals surface area (Å²) in [5.41, 5.74) is 0. The number of ether oxygens (including phenoxy) is 2. The molecule has 0 fully saturated rings. The van der Waals surface area contributed by atoms with E-state index in [4.69, 9.17) is 9.47 Å². The zero-order valence-corrected chi connectivity index (χ0v) is 10.5. The highest BCUT2D eigenvalue weighted by atomic mass is 16.6. The molecule has 0 bridgehead atoms. The van der Waals surface area contributed by atoms with Crippen LogP contribution >= 0.6 is 0 Å². The lowest BCUT2D eigenvalue weighted by molar-refractivity contribution is -0.138. The highest BCUT2D eigenvalue weighted by Crippen LogP contribution is 2.05. The third kappa shape index (κ3) is 11.2. The van der Waals surface area contributed by atoms with Gasteiger partial charge in [0.2, 0.25) is 0 Å². The second-order valence-electron chi connectivity index (χ2n) is 3.77. The number of carbonyl (C=O) groups is 1. The average Bonchev–Trinajstić information content (AvgIpc) is 2.28. The molecule has 0 atom stereocenters. The maximum absolute atomic E-state index is 11.1. The second-order valence-corrected chi connectivity index (χ2v) is 3.77. The monoisotopic (exact) mass is 228 g/mol. The number of carbonyl (C=O) groups excluding carboxylic acids is 1. The van der Waals surface area contributed by atoms with E-state index in [0.717, 1.165) is 12.8 Å². The van der Waals surface area contributed by atoms with Crippen LogP contribution in [0.25, 0.3) is 0 Å². The first-order valence-corrected chi connectivity index (χ1v) is 6.13. The van der Waals surface area contributed by atoms with Gasteiger partial charge in [0.1, 0.15) is 6.61 Å². The van der Waals surface area contributed by atoms with Gasteiger partial charge >= 0.3 is 5.97 Å². The van der Waals surface area contributed by atoms with Crippen LogP contribution < -0.4 is 0 Å². The first kappa shape index (κ1) is 15.2. The summed E-state index contributed by atoms with van der Waals surface area (Å²) < 4.78 is 9.65. The fourth-order valence-electron chi connectivity index (χ4n) is 1.32. The zero-order chi connectivity index (χ0) is 12.1. The third-order valence-corrected chi connectivity index (χ3v) is 2.26. The summed E-state index contributed by atoms with van der Waals surface area (Å²) in [7, 11) is 1.58. The summed E-state index contributed by atoms with van der Waals surface area (Å²) in [6.45, 7) is 2.99. The Labute approximate surface area is 98.8 Å². The molecule has 0 aliphatic heterocycles. The van der Waals surface area contributed by atoms with E-state index in [0.29, 0.717) is 13.2 Å². The summed E-state index contributed by atoms with van der Waals surface area (Å²) in [6, 6.07) is 0. The normalized spacial score (nSPS) is 10.9.